The first-order valence-corrected chi connectivity index (χ1v) is 7.95. The Morgan fingerprint density at radius 1 is 1.48 bits per heavy atom. The Kier molecular flexibility index (Phi) is 5.90. The molecule has 0 aliphatic carbocycles. The van der Waals surface area contributed by atoms with Gasteiger partial charge in [-0.25, -0.2) is 4.99 Å². The van der Waals surface area contributed by atoms with Gasteiger partial charge in [0.25, 0.3) is 0 Å². The van der Waals surface area contributed by atoms with Gasteiger partial charge in [-0.05, 0) is 42.9 Å². The van der Waals surface area contributed by atoms with E-state index in [1.807, 2.05) is 18.2 Å². The van der Waals surface area contributed by atoms with Crippen molar-refractivity contribution in [3.05, 3.63) is 29.8 Å². The molecule has 0 radical (unpaired) electrons. The van der Waals surface area contributed by atoms with Gasteiger partial charge in [-0.2, -0.15) is 0 Å². The number of rotatable bonds is 5. The minimum Gasteiger partial charge on any atom is -0.494 e. The Morgan fingerprint density at radius 3 is 3.10 bits per heavy atom. The second kappa shape index (κ2) is 7.91. The molecule has 2 N–H and O–H groups in total. The molecule has 1 unspecified atom stereocenters. The summed E-state index contributed by atoms with van der Waals surface area (Å²) in [4.78, 5) is 6.74. The van der Waals surface area contributed by atoms with Gasteiger partial charge < -0.3 is 15.4 Å². The minimum atomic E-state index is 0.611. The molecule has 1 fully saturated rings. The average Bonchev–Trinajstić information content (AvgIpc) is 2.51. The molecule has 1 saturated heterocycles. The molecule has 0 saturated carbocycles. The maximum Gasteiger partial charge on any atom is 0.191 e. The summed E-state index contributed by atoms with van der Waals surface area (Å²) in [6.45, 7) is 7.79. The number of hydrogen-bond acceptors (Lipinski definition) is 2. The number of guanidine groups is 1. The highest BCUT2D eigenvalue weighted by atomic mass is 16.5. The lowest BCUT2D eigenvalue weighted by molar-refractivity contribution is 0.270. The maximum atomic E-state index is 6.12. The number of benzene rings is 1. The molecule has 0 bridgehead atoms. The summed E-state index contributed by atoms with van der Waals surface area (Å²) < 4.78 is 5.64. The molecule has 4 nitrogen and oxygen atoms in total. The third kappa shape index (κ3) is 4.96. The van der Waals surface area contributed by atoms with Crippen LogP contribution in [-0.4, -0.2) is 30.6 Å². The minimum absolute atomic E-state index is 0.611. The van der Waals surface area contributed by atoms with Crippen molar-refractivity contribution in [3.8, 4) is 5.75 Å². The number of nitrogens with zero attached hydrogens (tertiary/aromatic N) is 2. The molecule has 2 rings (SSSR count). The Balaban J connectivity index is 1.92. The first-order chi connectivity index (χ1) is 10.2. The number of hydrogen-bond donors (Lipinski definition) is 1. The van der Waals surface area contributed by atoms with E-state index in [1.54, 1.807) is 0 Å². The molecular formula is C17H27N3O. The van der Waals surface area contributed by atoms with Crippen molar-refractivity contribution in [1.29, 1.82) is 0 Å². The number of aliphatic imine (C=N–C) groups is 1. The van der Waals surface area contributed by atoms with Crippen LogP contribution < -0.4 is 10.5 Å². The molecule has 4 heteroatoms. The second-order valence-corrected chi connectivity index (χ2v) is 5.86. The Morgan fingerprint density at radius 2 is 2.33 bits per heavy atom. The monoisotopic (exact) mass is 289 g/mol. The van der Waals surface area contributed by atoms with Crippen molar-refractivity contribution < 1.29 is 4.74 Å². The average molecular weight is 289 g/mol. The van der Waals surface area contributed by atoms with E-state index in [0.29, 0.717) is 18.4 Å². The molecule has 1 aromatic carbocycles. The summed E-state index contributed by atoms with van der Waals surface area (Å²) in [6, 6.07) is 8.10. The largest absolute Gasteiger partial charge is 0.494 e. The molecule has 1 aromatic rings. The molecule has 116 valence electrons. The standard InChI is InChI=1S/C17H27N3O/c1-3-10-21-16-8-4-7-15(11-16)12-19-17(18)20-9-5-6-14(2)13-20/h4,7-8,11,14H,3,5-6,9-10,12-13H2,1-2H3,(H2,18,19). The quantitative estimate of drug-likeness (QED) is 0.669. The Bertz CT molecular complexity index is 473. The van der Waals surface area contributed by atoms with Gasteiger partial charge in [-0.3, -0.25) is 0 Å². The molecular weight excluding hydrogens is 262 g/mol. The summed E-state index contributed by atoms with van der Waals surface area (Å²) in [5.74, 6) is 2.29. The van der Waals surface area contributed by atoms with E-state index in [9.17, 15) is 0 Å². The highest BCUT2D eigenvalue weighted by Crippen LogP contribution is 2.16. The van der Waals surface area contributed by atoms with Gasteiger partial charge in [0.2, 0.25) is 0 Å². The smallest absolute Gasteiger partial charge is 0.191 e. The van der Waals surface area contributed by atoms with Crippen LogP contribution in [0.15, 0.2) is 29.3 Å². The van der Waals surface area contributed by atoms with Crippen LogP contribution in [0.3, 0.4) is 0 Å². The zero-order chi connectivity index (χ0) is 15.1. The SMILES string of the molecule is CCCOc1cccc(CN=C(N)N2CCCC(C)C2)c1. The van der Waals surface area contributed by atoms with Crippen LogP contribution in [0, 0.1) is 5.92 Å². The van der Waals surface area contributed by atoms with Crippen molar-refractivity contribution in [2.75, 3.05) is 19.7 Å². The van der Waals surface area contributed by atoms with Crippen molar-refractivity contribution in [3.63, 3.8) is 0 Å². The van der Waals surface area contributed by atoms with Gasteiger partial charge >= 0.3 is 0 Å². The fourth-order valence-electron chi connectivity index (χ4n) is 2.62. The number of piperidine rings is 1. The zero-order valence-corrected chi connectivity index (χ0v) is 13.2. The van der Waals surface area contributed by atoms with Crippen LogP contribution in [-0.2, 0) is 6.54 Å². The van der Waals surface area contributed by atoms with E-state index in [-0.39, 0.29) is 0 Å². The molecule has 0 spiro atoms. The fraction of sp³-hybridized carbons (Fsp3) is 0.588. The Labute approximate surface area is 128 Å². The summed E-state index contributed by atoms with van der Waals surface area (Å²) in [5, 5.41) is 0. The molecule has 1 heterocycles. The van der Waals surface area contributed by atoms with Crippen LogP contribution in [0.2, 0.25) is 0 Å². The molecule has 0 amide bonds. The van der Waals surface area contributed by atoms with Crippen molar-refractivity contribution in [2.45, 2.75) is 39.7 Å². The lowest BCUT2D eigenvalue weighted by Crippen LogP contribution is -2.43. The predicted octanol–water partition coefficient (Wildman–Crippen LogP) is 3.02. The summed E-state index contributed by atoms with van der Waals surface area (Å²) >= 11 is 0. The van der Waals surface area contributed by atoms with Gasteiger partial charge in [-0.1, -0.05) is 26.0 Å². The topological polar surface area (TPSA) is 50.9 Å². The maximum absolute atomic E-state index is 6.12. The van der Waals surface area contributed by atoms with Crippen LogP contribution in [0.25, 0.3) is 0 Å². The molecule has 1 atom stereocenters. The van der Waals surface area contributed by atoms with E-state index in [1.165, 1.54) is 12.8 Å². The number of likely N-dealkylation sites (tertiary alicyclic amines) is 1. The third-order valence-corrected chi connectivity index (χ3v) is 3.78. The first-order valence-electron chi connectivity index (χ1n) is 7.95. The fourth-order valence-corrected chi connectivity index (χ4v) is 2.62. The van der Waals surface area contributed by atoms with E-state index in [0.717, 1.165) is 37.4 Å². The van der Waals surface area contributed by atoms with Crippen LogP contribution in [0.1, 0.15) is 38.7 Å². The Hall–Kier alpha value is -1.71. The van der Waals surface area contributed by atoms with E-state index < -0.39 is 0 Å². The van der Waals surface area contributed by atoms with Crippen LogP contribution >= 0.6 is 0 Å². The second-order valence-electron chi connectivity index (χ2n) is 5.86. The number of nitrogens with two attached hydrogens (primary N) is 1. The summed E-state index contributed by atoms with van der Waals surface area (Å²) in [5.41, 5.74) is 7.26. The molecule has 1 aliphatic heterocycles. The van der Waals surface area contributed by atoms with Crippen molar-refractivity contribution >= 4 is 5.96 Å². The van der Waals surface area contributed by atoms with E-state index >= 15 is 0 Å². The van der Waals surface area contributed by atoms with Crippen LogP contribution in [0.5, 0.6) is 5.75 Å². The molecule has 0 aromatic heterocycles. The van der Waals surface area contributed by atoms with Gasteiger partial charge in [0, 0.05) is 13.1 Å². The lowest BCUT2D eigenvalue weighted by Gasteiger charge is -2.31. The van der Waals surface area contributed by atoms with E-state index in [2.05, 4.69) is 29.8 Å². The predicted molar refractivity (Wildman–Crippen MR) is 87.5 cm³/mol. The molecule has 21 heavy (non-hydrogen) atoms. The zero-order valence-electron chi connectivity index (χ0n) is 13.2. The van der Waals surface area contributed by atoms with Gasteiger partial charge in [0.1, 0.15) is 5.75 Å². The molecule has 1 aliphatic rings. The van der Waals surface area contributed by atoms with Crippen molar-refractivity contribution in [2.24, 2.45) is 16.6 Å². The third-order valence-electron chi connectivity index (χ3n) is 3.78. The van der Waals surface area contributed by atoms with E-state index in [4.69, 9.17) is 10.5 Å². The summed E-state index contributed by atoms with van der Waals surface area (Å²) in [6.07, 6.45) is 3.51. The van der Waals surface area contributed by atoms with Crippen molar-refractivity contribution in [1.82, 2.24) is 4.90 Å². The lowest BCUT2D eigenvalue weighted by atomic mass is 10.0. The summed E-state index contributed by atoms with van der Waals surface area (Å²) in [7, 11) is 0. The van der Waals surface area contributed by atoms with Crippen LogP contribution in [0.4, 0.5) is 0 Å². The number of ether oxygens (including phenoxy) is 1. The van der Waals surface area contributed by atoms with Gasteiger partial charge in [0.05, 0.1) is 13.2 Å². The normalized spacial score (nSPS) is 19.6. The highest BCUT2D eigenvalue weighted by Gasteiger charge is 2.17. The first kappa shape index (κ1) is 15.7. The highest BCUT2D eigenvalue weighted by molar-refractivity contribution is 5.78. The van der Waals surface area contributed by atoms with Gasteiger partial charge in [0.15, 0.2) is 5.96 Å². The van der Waals surface area contributed by atoms with Gasteiger partial charge in [-0.15, -0.1) is 0 Å².